The van der Waals surface area contributed by atoms with Gasteiger partial charge in [-0.25, -0.2) is 13.6 Å². The first kappa shape index (κ1) is 55.7. The Hall–Kier alpha value is -4.29. The number of primary amides is 1. The van der Waals surface area contributed by atoms with Crippen LogP contribution < -0.4 is 27.0 Å². The second-order valence-electron chi connectivity index (χ2n) is 13.6. The van der Waals surface area contributed by atoms with Crippen LogP contribution in [-0.4, -0.2) is 168 Å². The molecule has 0 spiro atoms. The number of urea groups is 1. The number of anilines is 1. The highest BCUT2D eigenvalue weighted by molar-refractivity contribution is 5.98. The molecule has 0 saturated carbocycles. The van der Waals surface area contributed by atoms with Gasteiger partial charge in [0.25, 0.3) is 0 Å². The maximum absolute atomic E-state index is 14.1. The van der Waals surface area contributed by atoms with E-state index in [2.05, 4.69) is 31.3 Å². The highest BCUT2D eigenvalue weighted by Crippen LogP contribution is 2.18. The van der Waals surface area contributed by atoms with Gasteiger partial charge in [-0.2, -0.15) is 0 Å². The van der Waals surface area contributed by atoms with Gasteiger partial charge in [-0.3, -0.25) is 14.4 Å². The summed E-state index contributed by atoms with van der Waals surface area (Å²) in [6.45, 7) is 11.9. The first-order valence-electron chi connectivity index (χ1n) is 20.6. The van der Waals surface area contributed by atoms with E-state index in [9.17, 15) is 28.0 Å². The number of benzene rings is 1. The molecular formula is C39H66F2N8O13. The summed E-state index contributed by atoms with van der Waals surface area (Å²) in [6.07, 6.45) is 0.232. The Morgan fingerprint density at radius 1 is 0.677 bits per heavy atom. The van der Waals surface area contributed by atoms with Crippen molar-refractivity contribution in [2.24, 2.45) is 16.8 Å². The van der Waals surface area contributed by atoms with Gasteiger partial charge in [0.05, 0.1) is 119 Å². The molecule has 0 aliphatic heterocycles. The van der Waals surface area contributed by atoms with Gasteiger partial charge in [0.1, 0.15) is 23.7 Å². The number of hydrogen-bond donors (Lipinski definition) is 5. The van der Waals surface area contributed by atoms with Gasteiger partial charge in [0, 0.05) is 35.7 Å². The molecule has 23 heteroatoms. The average Bonchev–Trinajstić information content (AvgIpc) is 3.23. The average molecular weight is 893 g/mol. The van der Waals surface area contributed by atoms with Gasteiger partial charge in [-0.15, -0.1) is 0 Å². The fourth-order valence-electron chi connectivity index (χ4n) is 4.95. The molecule has 0 unspecified atom stereocenters. The van der Waals surface area contributed by atoms with E-state index in [0.717, 1.165) is 12.1 Å². The molecule has 1 aromatic carbocycles. The number of amides is 5. The molecule has 2 atom stereocenters. The van der Waals surface area contributed by atoms with Crippen molar-refractivity contribution >= 4 is 29.4 Å². The van der Waals surface area contributed by atoms with Crippen LogP contribution in [0.5, 0.6) is 0 Å². The molecule has 21 nitrogen and oxygen atoms in total. The molecule has 62 heavy (non-hydrogen) atoms. The zero-order chi connectivity index (χ0) is 45.6. The van der Waals surface area contributed by atoms with Gasteiger partial charge in [0.15, 0.2) is 0 Å². The summed E-state index contributed by atoms with van der Waals surface area (Å²) in [4.78, 5) is 52.8. The van der Waals surface area contributed by atoms with E-state index in [1.807, 2.05) is 0 Å². The van der Waals surface area contributed by atoms with Crippen molar-refractivity contribution in [2.45, 2.75) is 52.1 Å². The van der Waals surface area contributed by atoms with Crippen LogP contribution in [0.25, 0.3) is 10.4 Å². The van der Waals surface area contributed by atoms with Crippen LogP contribution in [0.2, 0.25) is 0 Å². The van der Waals surface area contributed by atoms with E-state index in [1.54, 1.807) is 13.8 Å². The van der Waals surface area contributed by atoms with Gasteiger partial charge < -0.3 is 69.6 Å². The molecule has 0 aliphatic carbocycles. The summed E-state index contributed by atoms with van der Waals surface area (Å²) in [5, 5.41) is 13.4. The normalized spacial score (nSPS) is 12.1. The Bertz CT molecular complexity index is 1420. The fraction of sp³-hybridized carbons (Fsp3) is 0.744. The van der Waals surface area contributed by atoms with Gasteiger partial charge in [-0.1, -0.05) is 19.0 Å². The van der Waals surface area contributed by atoms with Crippen molar-refractivity contribution < 1.29 is 70.6 Å². The Balaban J connectivity index is 2.10. The summed E-state index contributed by atoms with van der Waals surface area (Å²) < 4.78 is 77.0. The number of carbonyl (C=O) groups is 4. The number of ether oxygens (including phenoxy) is 9. The van der Waals surface area contributed by atoms with Crippen molar-refractivity contribution in [3.8, 4) is 0 Å². The van der Waals surface area contributed by atoms with Crippen molar-refractivity contribution in [1.29, 1.82) is 0 Å². The highest BCUT2D eigenvalue weighted by atomic mass is 19.1. The lowest BCUT2D eigenvalue weighted by atomic mass is 10.0. The number of carbonyl (C=O) groups excluding carboxylic acids is 4. The second kappa shape index (κ2) is 37.3. The summed E-state index contributed by atoms with van der Waals surface area (Å²) >= 11 is 0. The Morgan fingerprint density at radius 3 is 1.50 bits per heavy atom. The number of nitrogens with two attached hydrogens (primary N) is 1. The van der Waals surface area contributed by atoms with Crippen LogP contribution in [-0.2, 0) is 57.0 Å². The lowest BCUT2D eigenvalue weighted by Gasteiger charge is -2.25. The number of hydrogen-bond acceptors (Lipinski definition) is 14. The Morgan fingerprint density at radius 2 is 1.10 bits per heavy atom. The smallest absolute Gasteiger partial charge is 0.312 e. The second-order valence-corrected chi connectivity index (χ2v) is 13.6. The fourth-order valence-corrected chi connectivity index (χ4v) is 4.95. The first-order chi connectivity index (χ1) is 30.0. The summed E-state index contributed by atoms with van der Waals surface area (Å²) in [5.74, 6) is -3.93. The van der Waals surface area contributed by atoms with Crippen LogP contribution in [0.1, 0.15) is 38.7 Å². The monoisotopic (exact) mass is 892 g/mol. The molecule has 1 aromatic rings. The molecule has 0 aliphatic rings. The molecule has 0 saturated heterocycles. The minimum absolute atomic E-state index is 0.0405. The number of nitrogens with one attached hydrogen (secondary N) is 4. The van der Waals surface area contributed by atoms with Crippen molar-refractivity contribution in [3.05, 3.63) is 39.8 Å². The molecule has 5 amide bonds. The Labute approximate surface area is 361 Å². The lowest BCUT2D eigenvalue weighted by Crippen LogP contribution is -2.54. The van der Waals surface area contributed by atoms with E-state index in [4.69, 9.17) is 53.9 Å². The van der Waals surface area contributed by atoms with Crippen LogP contribution in [0.3, 0.4) is 0 Å². The number of azide groups is 1. The first-order valence-corrected chi connectivity index (χ1v) is 20.6. The van der Waals surface area contributed by atoms with Crippen LogP contribution in [0.4, 0.5) is 19.3 Å². The molecule has 0 aromatic heterocycles. The van der Waals surface area contributed by atoms with Gasteiger partial charge >= 0.3 is 6.03 Å². The SMILES string of the molecule is Cc1c(F)cc(NC(=O)[C@H](CCCNC(N)=O)NC(=O)[C@@H](NC(=O)CCOCCOCCOCCOCCOCCOCCOCCOCCOCCN=[N+]=[N-])C(C)C)cc1F. The largest absolute Gasteiger partial charge is 0.379 e. The maximum Gasteiger partial charge on any atom is 0.312 e. The summed E-state index contributed by atoms with van der Waals surface area (Å²) in [7, 11) is 0. The molecule has 0 fully saturated rings. The van der Waals surface area contributed by atoms with E-state index in [-0.39, 0.29) is 62.8 Å². The molecule has 6 N–H and O–H groups in total. The maximum atomic E-state index is 14.1. The zero-order valence-electron chi connectivity index (χ0n) is 36.1. The Kier molecular flexibility index (Phi) is 33.5. The van der Waals surface area contributed by atoms with Crippen LogP contribution in [0.15, 0.2) is 17.2 Å². The number of rotatable bonds is 40. The lowest BCUT2D eigenvalue weighted by molar-refractivity contribution is -0.132. The van der Waals surface area contributed by atoms with E-state index < -0.39 is 47.5 Å². The van der Waals surface area contributed by atoms with E-state index in [1.165, 1.54) is 6.92 Å². The van der Waals surface area contributed by atoms with E-state index in [0.29, 0.717) is 106 Å². The quantitative estimate of drug-likeness (QED) is 0.0274. The highest BCUT2D eigenvalue weighted by Gasteiger charge is 2.29. The van der Waals surface area contributed by atoms with Gasteiger partial charge in [0.2, 0.25) is 17.7 Å². The summed E-state index contributed by atoms with van der Waals surface area (Å²) in [6, 6.07) is -1.03. The van der Waals surface area contributed by atoms with Crippen LogP contribution in [0, 0.1) is 24.5 Å². The molecular weight excluding hydrogens is 826 g/mol. The third kappa shape index (κ3) is 29.9. The van der Waals surface area contributed by atoms with Crippen LogP contribution >= 0.6 is 0 Å². The number of halogens is 2. The predicted molar refractivity (Wildman–Crippen MR) is 221 cm³/mol. The summed E-state index contributed by atoms with van der Waals surface area (Å²) in [5.41, 5.74) is 12.9. The van der Waals surface area contributed by atoms with Crippen molar-refractivity contribution in [1.82, 2.24) is 16.0 Å². The third-order valence-corrected chi connectivity index (χ3v) is 8.26. The van der Waals surface area contributed by atoms with Crippen molar-refractivity contribution in [3.63, 3.8) is 0 Å². The number of nitrogens with zero attached hydrogens (tertiary/aromatic N) is 3. The molecule has 354 valence electrons. The molecule has 0 radical (unpaired) electrons. The molecule has 0 heterocycles. The molecule has 0 bridgehead atoms. The minimum Gasteiger partial charge on any atom is -0.379 e. The third-order valence-electron chi connectivity index (χ3n) is 8.26. The minimum atomic E-state index is -1.17. The standard InChI is InChI=1S/C39H66F2N8O13/c1-29(2)36(38(52)47-34(5-4-7-44-39(42)53)37(51)46-31-27-32(40)30(3)33(41)28-31)48-35(50)6-9-54-11-13-56-15-17-58-19-21-60-23-25-62-26-24-61-22-20-59-18-16-57-14-12-55-10-8-45-49-43/h27-29,34,36H,4-26H2,1-3H3,(H,46,51)(H,47,52)(H,48,50)(H3,42,44,53)/t34-,36-/m0/s1. The molecule has 1 rings (SSSR count). The van der Waals surface area contributed by atoms with E-state index >= 15 is 0 Å². The van der Waals surface area contributed by atoms with Gasteiger partial charge in [-0.05, 0) is 43.3 Å². The van der Waals surface area contributed by atoms with Crippen molar-refractivity contribution in [2.75, 3.05) is 137 Å². The topological polar surface area (TPSA) is 274 Å². The predicted octanol–water partition coefficient (Wildman–Crippen LogP) is 2.14. The zero-order valence-corrected chi connectivity index (χ0v) is 36.1.